The average Bonchev–Trinajstić information content (AvgIpc) is 2.81. The van der Waals surface area contributed by atoms with Gasteiger partial charge in [-0.15, -0.1) is 0 Å². The quantitative estimate of drug-likeness (QED) is 0.286. The molecule has 0 atom stereocenters. The third-order valence-electron chi connectivity index (χ3n) is 7.01. The van der Waals surface area contributed by atoms with Gasteiger partial charge < -0.3 is 15.3 Å². The molecule has 0 saturated heterocycles. The van der Waals surface area contributed by atoms with Gasteiger partial charge in [0.2, 0.25) is 0 Å². The van der Waals surface area contributed by atoms with Crippen molar-refractivity contribution in [2.24, 2.45) is 0 Å². The first-order valence-electron chi connectivity index (χ1n) is 11.6. The lowest BCUT2D eigenvalue weighted by Crippen LogP contribution is -2.26. The zero-order valence-corrected chi connectivity index (χ0v) is 20.5. The zero-order valence-electron chi connectivity index (χ0n) is 20.5. The van der Waals surface area contributed by atoms with Crippen molar-refractivity contribution in [3.63, 3.8) is 0 Å². The minimum absolute atomic E-state index is 0.272. The standard InChI is InChI=1S/C31H32O3/c1-19-14-26(15-20(2)29(19)33)31(5,27-16-21(3)30(34)22(4)17-27)25-10-6-23(7-11-25)18-24-8-12-28(32)13-9-24/h6-17,32-34H,18H2,1-5H3. The lowest BCUT2D eigenvalue weighted by Gasteiger charge is -2.33. The summed E-state index contributed by atoms with van der Waals surface area (Å²) in [5, 5.41) is 30.4. The van der Waals surface area contributed by atoms with Crippen LogP contribution in [0.2, 0.25) is 0 Å². The average molecular weight is 453 g/mol. The SMILES string of the molecule is Cc1cc(C(C)(c2ccc(Cc3ccc(O)cc3)cc2)c2cc(C)c(O)c(C)c2)cc(C)c1O. The van der Waals surface area contributed by atoms with Gasteiger partial charge in [-0.25, -0.2) is 0 Å². The van der Waals surface area contributed by atoms with Crippen LogP contribution in [0.15, 0.2) is 72.8 Å². The molecule has 34 heavy (non-hydrogen) atoms. The summed E-state index contributed by atoms with van der Waals surface area (Å²) in [6, 6.07) is 24.2. The maximum atomic E-state index is 10.4. The van der Waals surface area contributed by atoms with Crippen molar-refractivity contribution in [1.82, 2.24) is 0 Å². The predicted molar refractivity (Wildman–Crippen MR) is 138 cm³/mol. The van der Waals surface area contributed by atoms with Crippen LogP contribution in [0.5, 0.6) is 17.2 Å². The highest BCUT2D eigenvalue weighted by Crippen LogP contribution is 2.43. The van der Waals surface area contributed by atoms with Crippen molar-refractivity contribution in [1.29, 1.82) is 0 Å². The van der Waals surface area contributed by atoms with Crippen LogP contribution in [-0.4, -0.2) is 15.3 Å². The van der Waals surface area contributed by atoms with Crippen LogP contribution in [0.25, 0.3) is 0 Å². The monoisotopic (exact) mass is 452 g/mol. The number of aryl methyl sites for hydroxylation is 4. The number of rotatable bonds is 5. The van der Waals surface area contributed by atoms with E-state index in [9.17, 15) is 15.3 Å². The van der Waals surface area contributed by atoms with Crippen LogP contribution in [0.1, 0.15) is 57.0 Å². The van der Waals surface area contributed by atoms with E-state index < -0.39 is 5.41 Å². The van der Waals surface area contributed by atoms with E-state index in [2.05, 4.69) is 55.5 Å². The molecule has 3 N–H and O–H groups in total. The third kappa shape index (κ3) is 4.26. The molecule has 0 heterocycles. The fraction of sp³-hybridized carbons (Fsp3) is 0.226. The number of hydrogen-bond donors (Lipinski definition) is 3. The first-order valence-corrected chi connectivity index (χ1v) is 11.6. The summed E-state index contributed by atoms with van der Waals surface area (Å²) in [7, 11) is 0. The van der Waals surface area contributed by atoms with Crippen LogP contribution in [0.4, 0.5) is 0 Å². The summed E-state index contributed by atoms with van der Waals surface area (Å²) in [5.74, 6) is 0.927. The fourth-order valence-electron chi connectivity index (χ4n) is 4.79. The summed E-state index contributed by atoms with van der Waals surface area (Å²) < 4.78 is 0. The highest BCUT2D eigenvalue weighted by Gasteiger charge is 2.33. The van der Waals surface area contributed by atoms with Gasteiger partial charge in [-0.1, -0.05) is 60.7 Å². The Bertz CT molecular complexity index is 1230. The van der Waals surface area contributed by atoms with E-state index in [4.69, 9.17) is 0 Å². The molecular formula is C31H32O3. The second-order valence-electron chi connectivity index (χ2n) is 9.58. The molecule has 0 unspecified atom stereocenters. The Morgan fingerprint density at radius 3 is 1.26 bits per heavy atom. The van der Waals surface area contributed by atoms with Crippen LogP contribution in [-0.2, 0) is 11.8 Å². The normalized spacial score (nSPS) is 11.6. The second-order valence-corrected chi connectivity index (χ2v) is 9.58. The summed E-state index contributed by atoms with van der Waals surface area (Å²) in [6.45, 7) is 9.93. The van der Waals surface area contributed by atoms with Crippen LogP contribution >= 0.6 is 0 Å². The Morgan fingerprint density at radius 1 is 0.529 bits per heavy atom. The van der Waals surface area contributed by atoms with Crippen molar-refractivity contribution in [2.45, 2.75) is 46.5 Å². The smallest absolute Gasteiger partial charge is 0.121 e. The molecule has 0 saturated carbocycles. The topological polar surface area (TPSA) is 60.7 Å². The molecule has 0 bridgehead atoms. The molecule has 0 aromatic heterocycles. The Morgan fingerprint density at radius 2 is 0.882 bits per heavy atom. The van der Waals surface area contributed by atoms with E-state index in [0.717, 1.165) is 50.9 Å². The first-order chi connectivity index (χ1) is 16.1. The van der Waals surface area contributed by atoms with E-state index in [1.165, 1.54) is 5.56 Å². The Labute approximate surface area is 202 Å². The van der Waals surface area contributed by atoms with Gasteiger partial charge in [0, 0.05) is 5.41 Å². The van der Waals surface area contributed by atoms with Gasteiger partial charge in [0.1, 0.15) is 17.2 Å². The van der Waals surface area contributed by atoms with E-state index >= 15 is 0 Å². The minimum atomic E-state index is -0.483. The molecule has 0 aliphatic rings. The highest BCUT2D eigenvalue weighted by molar-refractivity contribution is 5.57. The third-order valence-corrected chi connectivity index (χ3v) is 7.01. The Balaban J connectivity index is 1.84. The molecular weight excluding hydrogens is 420 g/mol. The molecule has 4 rings (SSSR count). The van der Waals surface area contributed by atoms with Crippen LogP contribution < -0.4 is 0 Å². The maximum absolute atomic E-state index is 10.4. The molecule has 0 aliphatic heterocycles. The molecule has 0 radical (unpaired) electrons. The molecule has 0 aliphatic carbocycles. The lowest BCUT2D eigenvalue weighted by atomic mass is 9.69. The first kappa shape index (κ1) is 23.4. The van der Waals surface area contributed by atoms with Gasteiger partial charge in [0.05, 0.1) is 0 Å². The van der Waals surface area contributed by atoms with Gasteiger partial charge in [-0.3, -0.25) is 0 Å². The van der Waals surface area contributed by atoms with Crippen molar-refractivity contribution < 1.29 is 15.3 Å². The minimum Gasteiger partial charge on any atom is -0.508 e. The largest absolute Gasteiger partial charge is 0.508 e. The van der Waals surface area contributed by atoms with E-state index in [-0.39, 0.29) is 5.75 Å². The zero-order chi connectivity index (χ0) is 24.6. The predicted octanol–water partition coefficient (Wildman–Crippen LogP) is 6.98. The molecule has 174 valence electrons. The number of hydrogen-bond acceptors (Lipinski definition) is 3. The summed E-state index contributed by atoms with van der Waals surface area (Å²) in [6.07, 6.45) is 0.784. The van der Waals surface area contributed by atoms with Crippen molar-refractivity contribution >= 4 is 0 Å². The van der Waals surface area contributed by atoms with E-state index in [0.29, 0.717) is 11.5 Å². The summed E-state index contributed by atoms with van der Waals surface area (Å²) in [5.41, 5.74) is 8.55. The molecule has 0 spiro atoms. The van der Waals surface area contributed by atoms with Gasteiger partial charge in [0.25, 0.3) is 0 Å². The summed E-state index contributed by atoms with van der Waals surface area (Å²) >= 11 is 0. The fourth-order valence-corrected chi connectivity index (χ4v) is 4.79. The number of aromatic hydroxyl groups is 3. The van der Waals surface area contributed by atoms with Gasteiger partial charge >= 0.3 is 0 Å². The lowest BCUT2D eigenvalue weighted by molar-refractivity contribution is 0.465. The van der Waals surface area contributed by atoms with E-state index in [1.807, 2.05) is 39.8 Å². The van der Waals surface area contributed by atoms with Crippen molar-refractivity contribution in [3.05, 3.63) is 123 Å². The molecule has 0 amide bonds. The molecule has 3 heteroatoms. The van der Waals surface area contributed by atoms with Crippen LogP contribution in [0, 0.1) is 27.7 Å². The van der Waals surface area contributed by atoms with Gasteiger partial charge in [-0.05, 0) is 103 Å². The van der Waals surface area contributed by atoms with Crippen molar-refractivity contribution in [3.8, 4) is 17.2 Å². The second kappa shape index (κ2) is 8.90. The molecule has 3 nitrogen and oxygen atoms in total. The number of phenolic OH excluding ortho intramolecular Hbond substituents is 3. The maximum Gasteiger partial charge on any atom is 0.121 e. The Hall–Kier alpha value is -3.72. The van der Waals surface area contributed by atoms with Crippen LogP contribution in [0.3, 0.4) is 0 Å². The van der Waals surface area contributed by atoms with E-state index in [1.54, 1.807) is 12.1 Å². The van der Waals surface area contributed by atoms with Gasteiger partial charge in [-0.2, -0.15) is 0 Å². The highest BCUT2D eigenvalue weighted by atomic mass is 16.3. The van der Waals surface area contributed by atoms with Gasteiger partial charge in [0.15, 0.2) is 0 Å². The molecule has 0 fully saturated rings. The Kier molecular flexibility index (Phi) is 6.14. The number of benzene rings is 4. The molecule has 4 aromatic rings. The summed E-state index contributed by atoms with van der Waals surface area (Å²) in [4.78, 5) is 0. The van der Waals surface area contributed by atoms with Crippen molar-refractivity contribution in [2.75, 3.05) is 0 Å². The number of phenols is 3. The molecule has 4 aromatic carbocycles.